The summed E-state index contributed by atoms with van der Waals surface area (Å²) in [6, 6.07) is 13.3. The minimum absolute atomic E-state index is 0.0551. The van der Waals surface area contributed by atoms with Crippen LogP contribution in [0.2, 0.25) is 0 Å². The van der Waals surface area contributed by atoms with Gasteiger partial charge in [0.2, 0.25) is 5.91 Å². The van der Waals surface area contributed by atoms with Crippen LogP contribution < -0.4 is 0 Å². The highest BCUT2D eigenvalue weighted by molar-refractivity contribution is 6.02. The molecule has 1 fully saturated rings. The summed E-state index contributed by atoms with van der Waals surface area (Å²) in [6.07, 6.45) is 2.90. The van der Waals surface area contributed by atoms with Crippen LogP contribution in [-0.2, 0) is 19.1 Å². The molecule has 171 valence electrons. The Labute approximate surface area is 192 Å². The van der Waals surface area contributed by atoms with Gasteiger partial charge in [-0.15, -0.1) is 0 Å². The third-order valence-electron chi connectivity index (χ3n) is 5.67. The minimum atomic E-state index is -0.998. The minimum Gasteiger partial charge on any atom is -0.468 e. The van der Waals surface area contributed by atoms with Crippen LogP contribution in [0.1, 0.15) is 37.3 Å². The standard InChI is InChI=1S/C25H25N2O6/c1-16(2)18-8-4-5-9-19(18)24-17(7-6-10-21(24)27(31)32)11-12-23(29)26-14-13-22(28)20(15-26)25(30)33-3/h4-9,11-12,16,20H,13-15H2,1-3H3/b12-11+. The molecule has 0 aromatic heterocycles. The number of nitro groups is 1. The highest BCUT2D eigenvalue weighted by atomic mass is 16.6. The molecule has 1 saturated heterocycles. The van der Waals surface area contributed by atoms with Gasteiger partial charge in [-0.25, -0.2) is 0 Å². The van der Waals surface area contributed by atoms with Gasteiger partial charge in [-0.1, -0.05) is 44.2 Å². The number of nitrogens with zero attached hydrogens (tertiary/aromatic N) is 2. The lowest BCUT2D eigenvalue weighted by Gasteiger charge is -2.29. The first-order valence-corrected chi connectivity index (χ1v) is 10.6. The quantitative estimate of drug-likeness (QED) is 0.218. The molecular weight excluding hydrogens is 424 g/mol. The van der Waals surface area contributed by atoms with E-state index in [9.17, 15) is 24.5 Å². The second-order valence-corrected chi connectivity index (χ2v) is 8.07. The molecule has 1 atom stereocenters. The third kappa shape index (κ3) is 5.16. The van der Waals surface area contributed by atoms with E-state index in [2.05, 4.69) is 10.8 Å². The summed E-state index contributed by atoms with van der Waals surface area (Å²) < 4.78 is 4.67. The number of hydrogen-bond donors (Lipinski definition) is 0. The fourth-order valence-corrected chi connectivity index (χ4v) is 3.94. The number of carbonyl (C=O) groups is 3. The predicted octanol–water partition coefficient (Wildman–Crippen LogP) is 3.79. The van der Waals surface area contributed by atoms with E-state index in [1.165, 1.54) is 30.2 Å². The zero-order valence-corrected chi connectivity index (χ0v) is 18.7. The first kappa shape index (κ1) is 23.8. The molecule has 2 aromatic rings. The molecule has 0 aliphatic carbocycles. The summed E-state index contributed by atoms with van der Waals surface area (Å²) in [7, 11) is 1.20. The van der Waals surface area contributed by atoms with Crippen molar-refractivity contribution in [1.29, 1.82) is 0 Å². The van der Waals surface area contributed by atoms with Crippen LogP contribution in [0.4, 0.5) is 5.69 Å². The van der Waals surface area contributed by atoms with Gasteiger partial charge in [-0.05, 0) is 34.8 Å². The van der Waals surface area contributed by atoms with Gasteiger partial charge in [-0.3, -0.25) is 24.5 Å². The molecule has 1 unspecified atom stereocenters. The van der Waals surface area contributed by atoms with E-state index in [1.54, 1.807) is 6.07 Å². The van der Waals surface area contributed by atoms with Crippen molar-refractivity contribution in [3.05, 3.63) is 69.8 Å². The Morgan fingerprint density at radius 1 is 1.27 bits per heavy atom. The topological polar surface area (TPSA) is 107 Å². The van der Waals surface area contributed by atoms with Crippen molar-refractivity contribution in [3.8, 4) is 11.1 Å². The van der Waals surface area contributed by atoms with Crippen molar-refractivity contribution in [2.45, 2.75) is 26.2 Å². The second kappa shape index (κ2) is 10.2. The van der Waals surface area contributed by atoms with Crippen molar-refractivity contribution in [2.75, 3.05) is 20.2 Å². The Morgan fingerprint density at radius 2 is 2.00 bits per heavy atom. The van der Waals surface area contributed by atoms with E-state index >= 15 is 0 Å². The number of amides is 1. The summed E-state index contributed by atoms with van der Waals surface area (Å²) in [5.74, 6) is -2.18. The van der Waals surface area contributed by atoms with Gasteiger partial charge in [-0.2, -0.15) is 0 Å². The fraction of sp³-hybridized carbons (Fsp3) is 0.320. The molecule has 8 heteroatoms. The molecule has 1 heterocycles. The van der Waals surface area contributed by atoms with Crippen molar-refractivity contribution in [2.24, 2.45) is 5.92 Å². The summed E-state index contributed by atoms with van der Waals surface area (Å²) in [5, 5.41) is 11.8. The molecule has 0 N–H and O–H groups in total. The molecule has 1 aliphatic rings. The first-order chi connectivity index (χ1) is 15.7. The SMILES string of the molecule is COC(=O)C1CN(C(=O)/C=C/c2cc[c]c([N+](=O)[O-])c2-c2ccccc2C(C)C)CCC1=O. The Bertz CT molecular complexity index is 1110. The lowest BCUT2D eigenvalue weighted by molar-refractivity contribution is -0.384. The lowest BCUT2D eigenvalue weighted by atomic mass is 9.89. The number of benzene rings is 2. The average Bonchev–Trinajstić information content (AvgIpc) is 2.81. The van der Waals surface area contributed by atoms with Gasteiger partial charge in [0, 0.05) is 25.6 Å². The molecule has 1 amide bonds. The number of hydrogen-bond acceptors (Lipinski definition) is 6. The second-order valence-electron chi connectivity index (χ2n) is 8.07. The number of ketones is 1. The molecule has 0 bridgehead atoms. The van der Waals surface area contributed by atoms with E-state index in [0.29, 0.717) is 16.7 Å². The van der Waals surface area contributed by atoms with Gasteiger partial charge in [0.05, 0.1) is 23.7 Å². The van der Waals surface area contributed by atoms with Crippen molar-refractivity contribution in [1.82, 2.24) is 4.90 Å². The molecule has 0 spiro atoms. The van der Waals surface area contributed by atoms with E-state index < -0.39 is 22.7 Å². The Kier molecular flexibility index (Phi) is 7.37. The Hall–Kier alpha value is -3.81. The number of carbonyl (C=O) groups excluding carboxylic acids is 3. The van der Waals surface area contributed by atoms with Crippen molar-refractivity contribution >= 4 is 29.4 Å². The molecule has 8 nitrogen and oxygen atoms in total. The molecular formula is C25H25N2O6. The molecule has 3 rings (SSSR count). The monoisotopic (exact) mass is 449 g/mol. The number of nitro benzene ring substituents is 1. The van der Waals surface area contributed by atoms with Crippen molar-refractivity contribution < 1.29 is 24.0 Å². The summed E-state index contributed by atoms with van der Waals surface area (Å²) in [6.45, 7) is 4.15. The number of rotatable bonds is 6. The predicted molar refractivity (Wildman–Crippen MR) is 122 cm³/mol. The van der Waals surface area contributed by atoms with E-state index in [-0.39, 0.29) is 36.9 Å². The number of esters is 1. The van der Waals surface area contributed by atoms with Crippen LogP contribution in [0.15, 0.2) is 42.5 Å². The zero-order chi connectivity index (χ0) is 24.1. The Morgan fingerprint density at radius 3 is 2.67 bits per heavy atom. The van der Waals surface area contributed by atoms with Gasteiger partial charge in [0.15, 0.2) is 5.78 Å². The number of likely N-dealkylation sites (tertiary alicyclic amines) is 1. The van der Waals surface area contributed by atoms with E-state index in [4.69, 9.17) is 0 Å². The number of Topliss-reactive ketones (excluding diaryl/α,β-unsaturated/α-hetero) is 1. The number of piperidine rings is 1. The maximum atomic E-state index is 12.8. The number of methoxy groups -OCH3 is 1. The van der Waals surface area contributed by atoms with Crippen molar-refractivity contribution in [3.63, 3.8) is 0 Å². The molecule has 33 heavy (non-hydrogen) atoms. The van der Waals surface area contributed by atoms with Crippen LogP contribution in [0.3, 0.4) is 0 Å². The largest absolute Gasteiger partial charge is 0.468 e. The summed E-state index contributed by atoms with van der Waals surface area (Å²) >= 11 is 0. The summed E-state index contributed by atoms with van der Waals surface area (Å²) in [4.78, 5) is 49.4. The maximum Gasteiger partial charge on any atom is 0.318 e. The average molecular weight is 449 g/mol. The molecule has 2 aromatic carbocycles. The maximum absolute atomic E-state index is 12.8. The molecule has 0 saturated carbocycles. The fourth-order valence-electron chi connectivity index (χ4n) is 3.94. The van der Waals surface area contributed by atoms with Gasteiger partial charge in [0.1, 0.15) is 5.92 Å². The smallest absolute Gasteiger partial charge is 0.318 e. The van der Waals surface area contributed by atoms with Gasteiger partial charge in [0.25, 0.3) is 5.69 Å². The van der Waals surface area contributed by atoms with E-state index in [1.807, 2.05) is 38.1 Å². The normalized spacial score (nSPS) is 16.3. The Balaban J connectivity index is 1.97. The third-order valence-corrected chi connectivity index (χ3v) is 5.67. The first-order valence-electron chi connectivity index (χ1n) is 10.6. The number of ether oxygens (including phenoxy) is 1. The van der Waals surface area contributed by atoms with Gasteiger partial charge < -0.3 is 9.64 Å². The molecule has 1 aliphatic heterocycles. The highest BCUT2D eigenvalue weighted by Crippen LogP contribution is 2.38. The van der Waals surface area contributed by atoms with Crippen LogP contribution in [0.25, 0.3) is 17.2 Å². The van der Waals surface area contributed by atoms with Crippen LogP contribution in [0, 0.1) is 22.1 Å². The van der Waals surface area contributed by atoms with E-state index in [0.717, 1.165) is 5.56 Å². The van der Waals surface area contributed by atoms with Crippen LogP contribution in [0.5, 0.6) is 0 Å². The zero-order valence-electron chi connectivity index (χ0n) is 18.7. The summed E-state index contributed by atoms with van der Waals surface area (Å²) in [5.41, 5.74) is 2.36. The molecule has 1 radical (unpaired) electrons. The van der Waals surface area contributed by atoms with Gasteiger partial charge >= 0.3 is 5.97 Å². The highest BCUT2D eigenvalue weighted by Gasteiger charge is 2.35. The van der Waals surface area contributed by atoms with Crippen LogP contribution >= 0.6 is 0 Å². The van der Waals surface area contributed by atoms with Crippen LogP contribution in [-0.4, -0.2) is 47.7 Å². The lowest BCUT2D eigenvalue weighted by Crippen LogP contribution is -2.46.